The molecule has 4 nitrogen and oxygen atoms in total. The fraction of sp³-hybridized carbons (Fsp3) is 0.333. The first-order chi connectivity index (χ1) is 42.5. The molecule has 6 heteroatoms. The van der Waals surface area contributed by atoms with E-state index in [4.69, 9.17) is 4.42 Å². The molecule has 9 aromatic carbocycles. The zero-order valence-electron chi connectivity index (χ0n) is 56.3. The molecule has 0 saturated carbocycles. The van der Waals surface area contributed by atoms with Crippen LogP contribution in [-0.4, -0.2) is 6.85 Å². The second-order valence-electron chi connectivity index (χ2n) is 32.7. The first-order valence-electron chi connectivity index (χ1n) is 33.2. The fourth-order valence-corrected chi connectivity index (χ4v) is 17.1. The highest BCUT2D eigenvalue weighted by molar-refractivity contribution is 7.26. The van der Waals surface area contributed by atoms with Gasteiger partial charge in [0.15, 0.2) is 5.58 Å². The third-order valence-electron chi connectivity index (χ3n) is 21.7. The van der Waals surface area contributed by atoms with Crippen LogP contribution in [0.4, 0.5) is 44.8 Å². The fourth-order valence-electron chi connectivity index (χ4n) is 15.9. The van der Waals surface area contributed by atoms with Gasteiger partial charge in [0.1, 0.15) is 5.58 Å². The Bertz CT molecular complexity index is 4670. The molecule has 11 aromatic rings. The van der Waals surface area contributed by atoms with Gasteiger partial charge in [-0.15, -0.1) is 11.3 Å². The van der Waals surface area contributed by atoms with Crippen LogP contribution in [-0.2, 0) is 37.9 Å². The topological polar surface area (TPSA) is 22.9 Å². The summed E-state index contributed by atoms with van der Waals surface area (Å²) in [7, 11) is 0. The summed E-state index contributed by atoms with van der Waals surface area (Å²) < 4.78 is 8.89. The van der Waals surface area contributed by atoms with Gasteiger partial charge in [0.2, 0.25) is 0 Å². The molecule has 2 aliphatic heterocycles. The van der Waals surface area contributed by atoms with E-state index in [2.05, 4.69) is 308 Å². The van der Waals surface area contributed by atoms with Gasteiger partial charge in [-0.05, 0) is 221 Å². The molecule has 0 spiro atoms. The molecule has 0 radical (unpaired) electrons. The lowest BCUT2D eigenvalue weighted by atomic mass is 9.43. The Morgan fingerprint density at radius 3 is 1.58 bits per heavy atom. The van der Waals surface area contributed by atoms with Gasteiger partial charge in [0.05, 0.1) is 16.4 Å². The average molecular weight is 1200 g/mol. The quantitative estimate of drug-likeness (QED) is 0.155. The van der Waals surface area contributed by atoms with E-state index >= 15 is 0 Å². The van der Waals surface area contributed by atoms with E-state index in [1.807, 2.05) is 11.3 Å². The summed E-state index contributed by atoms with van der Waals surface area (Å²) in [6.07, 6.45) is 4.57. The maximum Gasteiger partial charge on any atom is 0.334 e. The molecule has 0 amide bonds. The zero-order valence-corrected chi connectivity index (χ0v) is 57.1. The van der Waals surface area contributed by atoms with E-state index < -0.39 is 0 Å². The Morgan fingerprint density at radius 2 is 0.967 bits per heavy atom. The van der Waals surface area contributed by atoms with Crippen molar-refractivity contribution in [3.8, 4) is 22.3 Å². The molecule has 4 heterocycles. The largest absolute Gasteiger partial charge is 0.454 e. The summed E-state index contributed by atoms with van der Waals surface area (Å²) in [5.41, 5.74) is 27.0. The van der Waals surface area contributed by atoms with Gasteiger partial charge < -0.3 is 14.1 Å². The van der Waals surface area contributed by atoms with E-state index in [1.54, 1.807) is 0 Å². The summed E-state index contributed by atoms with van der Waals surface area (Å²) in [5, 5.41) is 4.83. The van der Waals surface area contributed by atoms with Crippen molar-refractivity contribution in [3.05, 3.63) is 215 Å². The zero-order chi connectivity index (χ0) is 63.1. The standard InChI is InChI=1S/C84H88BN3OS/c1-78(2,3)52-27-32-55(33-28-52)86(56-34-29-53(30-35-56)79(4,5)6)57-37-40-70-61(46-57)62-48-63-59-25-21-22-26-71(59)89-76(63)75-73(62)85(88(70)58-36-38-65-66(47-58)82(12,13)42-41-81(65,10)11)74-64-49-67-68(84(16,17)44-43-83(67,14)15)50-72(64)90-77(74)87(75)69-39-31-54(80(7,8)9)45-60(69)51-23-19-18-20-24-51/h18-40,45-50H,41-44H2,1-17H3. The van der Waals surface area contributed by atoms with Crippen molar-refractivity contribution >= 4 is 106 Å². The van der Waals surface area contributed by atoms with Crippen LogP contribution >= 0.6 is 11.3 Å². The number of anilines is 8. The lowest BCUT2D eigenvalue weighted by Gasteiger charge is -2.46. The second-order valence-corrected chi connectivity index (χ2v) is 33.8. The second kappa shape index (κ2) is 19.9. The van der Waals surface area contributed by atoms with Crippen LogP contribution < -0.4 is 25.5 Å². The molecule has 90 heavy (non-hydrogen) atoms. The Kier molecular flexibility index (Phi) is 12.9. The molecular weight excluding hydrogens is 1110 g/mol. The van der Waals surface area contributed by atoms with Gasteiger partial charge in [0, 0.05) is 55.0 Å². The Morgan fingerprint density at radius 1 is 0.433 bits per heavy atom. The van der Waals surface area contributed by atoms with Crippen molar-refractivity contribution in [1.29, 1.82) is 0 Å². The number of para-hydroxylation sites is 1. The minimum atomic E-state index is -0.249. The van der Waals surface area contributed by atoms with Crippen molar-refractivity contribution in [1.82, 2.24) is 0 Å². The van der Waals surface area contributed by atoms with Crippen molar-refractivity contribution in [2.75, 3.05) is 14.6 Å². The molecule has 0 atom stereocenters. The summed E-state index contributed by atoms with van der Waals surface area (Å²) in [5.74, 6) is 0. The van der Waals surface area contributed by atoms with Gasteiger partial charge in [-0.1, -0.05) is 203 Å². The van der Waals surface area contributed by atoms with E-state index in [0.29, 0.717) is 0 Å². The lowest BCUT2D eigenvalue weighted by molar-refractivity contribution is 0.332. The molecule has 0 N–H and O–H groups in total. The van der Waals surface area contributed by atoms with E-state index in [9.17, 15) is 0 Å². The number of fused-ring (bicyclic) bond motifs is 12. The number of furan rings is 1. The van der Waals surface area contributed by atoms with Crippen LogP contribution in [0.1, 0.15) is 182 Å². The smallest absolute Gasteiger partial charge is 0.334 e. The maximum absolute atomic E-state index is 7.56. The van der Waals surface area contributed by atoms with Crippen molar-refractivity contribution < 1.29 is 4.42 Å². The van der Waals surface area contributed by atoms with E-state index in [0.717, 1.165) is 76.1 Å². The maximum atomic E-state index is 7.56. The molecule has 2 aliphatic carbocycles. The highest BCUT2D eigenvalue weighted by Gasteiger charge is 2.51. The summed E-state index contributed by atoms with van der Waals surface area (Å²) in [6, 6.07) is 68.7. The van der Waals surface area contributed by atoms with Crippen LogP contribution in [0.15, 0.2) is 180 Å². The van der Waals surface area contributed by atoms with Crippen molar-refractivity contribution in [2.45, 2.75) is 181 Å². The Balaban J connectivity index is 1.11. The van der Waals surface area contributed by atoms with Gasteiger partial charge in [-0.25, -0.2) is 0 Å². The molecule has 454 valence electrons. The summed E-state index contributed by atoms with van der Waals surface area (Å²) in [4.78, 5) is 7.97. The molecule has 0 bridgehead atoms. The molecule has 0 saturated heterocycles. The highest BCUT2D eigenvalue weighted by atomic mass is 32.1. The first-order valence-corrected chi connectivity index (χ1v) is 34.0. The normalized spacial score (nSPS) is 17.1. The minimum absolute atomic E-state index is 0.00431. The van der Waals surface area contributed by atoms with Crippen LogP contribution in [0.3, 0.4) is 0 Å². The van der Waals surface area contributed by atoms with Gasteiger partial charge in [0.25, 0.3) is 0 Å². The number of rotatable bonds is 6. The lowest BCUT2D eigenvalue weighted by Crippen LogP contribution is -2.61. The van der Waals surface area contributed by atoms with Crippen LogP contribution in [0.2, 0.25) is 0 Å². The summed E-state index contributed by atoms with van der Waals surface area (Å²) in [6.45, 7) is 40.4. The van der Waals surface area contributed by atoms with Gasteiger partial charge >= 0.3 is 6.85 Å². The third kappa shape index (κ3) is 9.17. The number of thiophene rings is 1. The number of benzene rings is 9. The Hall–Kier alpha value is -7.80. The van der Waals surface area contributed by atoms with Gasteiger partial charge in [-0.3, -0.25) is 4.90 Å². The van der Waals surface area contributed by atoms with Crippen molar-refractivity contribution in [3.63, 3.8) is 0 Å². The predicted octanol–water partition coefficient (Wildman–Crippen LogP) is 23.2. The Labute approximate surface area is 540 Å². The molecule has 0 fully saturated rings. The predicted molar refractivity (Wildman–Crippen MR) is 390 cm³/mol. The SMILES string of the molecule is CC(C)(C)c1ccc(N(c2ccc(C(C)(C)C)cc2)c2ccc3c(c2)-c2cc4c(oc5ccccc54)c4c2B(c2c(sc5cc6c(cc25)C(C)(C)CCC6(C)C)N4c2ccc(C(C)(C)C)cc2-c2ccccc2)N3c2ccc3c(c2)C(C)(C)CCC3(C)C)cc1. The number of hydrogen-bond donors (Lipinski definition) is 0. The average Bonchev–Trinajstić information content (AvgIpc) is 1.36. The van der Waals surface area contributed by atoms with Crippen molar-refractivity contribution in [2.24, 2.45) is 0 Å². The van der Waals surface area contributed by atoms with Crippen LogP contribution in [0, 0.1) is 0 Å². The van der Waals surface area contributed by atoms with E-state index in [1.165, 1.54) is 98.6 Å². The molecule has 15 rings (SSSR count). The minimum Gasteiger partial charge on any atom is -0.454 e. The van der Waals surface area contributed by atoms with Gasteiger partial charge in [-0.2, -0.15) is 0 Å². The molecule has 4 aliphatic rings. The number of nitrogens with zero attached hydrogens (tertiary/aromatic N) is 3. The molecular formula is C84H88BN3OS. The monoisotopic (exact) mass is 1200 g/mol. The summed E-state index contributed by atoms with van der Waals surface area (Å²) >= 11 is 1.98. The molecule has 2 aromatic heterocycles. The highest BCUT2D eigenvalue weighted by Crippen LogP contribution is 2.58. The number of hydrogen-bond acceptors (Lipinski definition) is 5. The molecule has 0 unspecified atom stereocenters. The van der Waals surface area contributed by atoms with Crippen LogP contribution in [0.25, 0.3) is 54.3 Å². The third-order valence-corrected chi connectivity index (χ3v) is 22.8. The first kappa shape index (κ1) is 58.6. The van der Waals surface area contributed by atoms with Crippen LogP contribution in [0.5, 0.6) is 0 Å². The van der Waals surface area contributed by atoms with E-state index in [-0.39, 0.29) is 44.8 Å².